The van der Waals surface area contributed by atoms with Crippen LogP contribution in [-0.2, 0) is 11.2 Å². The molecule has 0 aromatic heterocycles. The predicted molar refractivity (Wildman–Crippen MR) is 92.9 cm³/mol. The van der Waals surface area contributed by atoms with Crippen molar-refractivity contribution in [3.8, 4) is 0 Å². The minimum absolute atomic E-state index is 0.221. The molecule has 2 nitrogen and oxygen atoms in total. The third-order valence-electron chi connectivity index (χ3n) is 3.66. The fourth-order valence-corrected chi connectivity index (χ4v) is 2.88. The first-order valence-electron chi connectivity index (χ1n) is 7.56. The largest absolute Gasteiger partial charge is 0.342 e. The fourth-order valence-electron chi connectivity index (χ4n) is 2.45. The Kier molecular flexibility index (Phi) is 6.24. The molecule has 2 aromatic carbocycles. The summed E-state index contributed by atoms with van der Waals surface area (Å²) < 4.78 is 0. The Morgan fingerprint density at radius 1 is 1.10 bits per heavy atom. The summed E-state index contributed by atoms with van der Waals surface area (Å²) in [5.74, 6) is 0.221. The van der Waals surface area contributed by atoms with Crippen LogP contribution in [0.25, 0.3) is 10.8 Å². The summed E-state index contributed by atoms with van der Waals surface area (Å²) in [6, 6.07) is 14.5. The molecule has 0 N–H and O–H groups in total. The number of fused-ring (bicyclic) bond motifs is 1. The molecule has 2 aromatic rings. The molecular weight excluding hydrogens is 326 g/mol. The second kappa shape index (κ2) is 8.18. The third kappa shape index (κ3) is 4.57. The molecule has 0 aliphatic carbocycles. The summed E-state index contributed by atoms with van der Waals surface area (Å²) in [4.78, 5) is 14.4. The highest BCUT2D eigenvalue weighted by Crippen LogP contribution is 2.16. The molecule has 3 heteroatoms. The van der Waals surface area contributed by atoms with Crippen LogP contribution in [0.2, 0.25) is 0 Å². The van der Waals surface area contributed by atoms with Gasteiger partial charge in [-0.2, -0.15) is 0 Å². The maximum atomic E-state index is 12.4. The molecule has 0 heterocycles. The van der Waals surface area contributed by atoms with E-state index >= 15 is 0 Å². The average Bonchev–Trinajstić information content (AvgIpc) is 2.51. The third-order valence-corrected chi connectivity index (χ3v) is 4.01. The van der Waals surface area contributed by atoms with Crippen molar-refractivity contribution in [1.82, 2.24) is 4.90 Å². The van der Waals surface area contributed by atoms with Crippen LogP contribution in [0.3, 0.4) is 0 Å². The Hall–Kier alpha value is -1.35. The first-order valence-corrected chi connectivity index (χ1v) is 8.68. The van der Waals surface area contributed by atoms with Gasteiger partial charge in [0.25, 0.3) is 0 Å². The topological polar surface area (TPSA) is 20.3 Å². The minimum Gasteiger partial charge on any atom is -0.342 e. The van der Waals surface area contributed by atoms with Gasteiger partial charge in [0.2, 0.25) is 5.91 Å². The van der Waals surface area contributed by atoms with Crippen LogP contribution in [0, 0.1) is 0 Å². The zero-order chi connectivity index (χ0) is 15.1. The lowest BCUT2D eigenvalue weighted by molar-refractivity contribution is -0.130. The van der Waals surface area contributed by atoms with E-state index < -0.39 is 0 Å². The highest BCUT2D eigenvalue weighted by Gasteiger charge is 2.13. The number of carbonyl (C=O) groups excluding carboxylic acids is 1. The molecule has 21 heavy (non-hydrogen) atoms. The van der Waals surface area contributed by atoms with Crippen LogP contribution in [0.5, 0.6) is 0 Å². The maximum absolute atomic E-state index is 12.4. The summed E-state index contributed by atoms with van der Waals surface area (Å²) in [7, 11) is 0. The van der Waals surface area contributed by atoms with Crippen molar-refractivity contribution in [3.05, 3.63) is 48.0 Å². The highest BCUT2D eigenvalue weighted by atomic mass is 79.9. The summed E-state index contributed by atoms with van der Waals surface area (Å²) in [6.45, 7) is 3.79. The standard InChI is InChI=1S/C18H22BrNO/c1-2-3-11-20(12-10-19)18(21)14-15-8-9-16-6-4-5-7-17(16)13-15/h4-9,13H,2-3,10-12,14H2,1H3. The molecule has 112 valence electrons. The van der Waals surface area contributed by atoms with Gasteiger partial charge in [-0.25, -0.2) is 0 Å². The van der Waals surface area contributed by atoms with Gasteiger partial charge in [-0.3, -0.25) is 4.79 Å². The SMILES string of the molecule is CCCCN(CCBr)C(=O)Cc1ccc2ccccc2c1. The van der Waals surface area contributed by atoms with Gasteiger partial charge in [0.05, 0.1) is 6.42 Å². The van der Waals surface area contributed by atoms with Gasteiger partial charge in [0.1, 0.15) is 0 Å². The lowest BCUT2D eigenvalue weighted by Gasteiger charge is -2.21. The summed E-state index contributed by atoms with van der Waals surface area (Å²) in [5.41, 5.74) is 1.09. The lowest BCUT2D eigenvalue weighted by Crippen LogP contribution is -2.34. The first kappa shape index (κ1) is 16.0. The number of halogens is 1. The molecule has 0 spiro atoms. The normalized spacial score (nSPS) is 10.8. The van der Waals surface area contributed by atoms with Crippen molar-refractivity contribution >= 4 is 32.6 Å². The van der Waals surface area contributed by atoms with Crippen LogP contribution < -0.4 is 0 Å². The van der Waals surface area contributed by atoms with Crippen molar-refractivity contribution in [2.45, 2.75) is 26.2 Å². The van der Waals surface area contributed by atoms with E-state index in [2.05, 4.69) is 53.2 Å². The van der Waals surface area contributed by atoms with E-state index in [0.717, 1.165) is 36.8 Å². The molecule has 0 unspecified atom stereocenters. The molecule has 2 rings (SSSR count). The van der Waals surface area contributed by atoms with Gasteiger partial charge >= 0.3 is 0 Å². The quantitative estimate of drug-likeness (QED) is 0.679. The Balaban J connectivity index is 2.08. The van der Waals surface area contributed by atoms with Gasteiger partial charge in [0, 0.05) is 18.4 Å². The van der Waals surface area contributed by atoms with Crippen molar-refractivity contribution in [2.75, 3.05) is 18.4 Å². The number of nitrogens with zero attached hydrogens (tertiary/aromatic N) is 1. The van der Waals surface area contributed by atoms with Crippen LogP contribution in [0.1, 0.15) is 25.3 Å². The van der Waals surface area contributed by atoms with Gasteiger partial charge in [0.15, 0.2) is 0 Å². The number of unbranched alkanes of at least 4 members (excludes halogenated alkanes) is 1. The summed E-state index contributed by atoms with van der Waals surface area (Å²) >= 11 is 3.43. The average molecular weight is 348 g/mol. The lowest BCUT2D eigenvalue weighted by atomic mass is 10.0. The van der Waals surface area contributed by atoms with E-state index in [1.165, 1.54) is 10.8 Å². The molecule has 0 bridgehead atoms. The van der Waals surface area contributed by atoms with Gasteiger partial charge in [-0.05, 0) is 22.8 Å². The van der Waals surface area contributed by atoms with E-state index in [1.54, 1.807) is 0 Å². The molecule has 0 fully saturated rings. The highest BCUT2D eigenvalue weighted by molar-refractivity contribution is 9.09. The molecule has 0 saturated carbocycles. The van der Waals surface area contributed by atoms with E-state index in [-0.39, 0.29) is 5.91 Å². The summed E-state index contributed by atoms with van der Waals surface area (Å²) in [6.07, 6.45) is 2.67. The first-order chi connectivity index (χ1) is 10.2. The van der Waals surface area contributed by atoms with Crippen molar-refractivity contribution in [2.24, 2.45) is 0 Å². The fraction of sp³-hybridized carbons (Fsp3) is 0.389. The maximum Gasteiger partial charge on any atom is 0.227 e. The second-order valence-electron chi connectivity index (χ2n) is 5.28. The summed E-state index contributed by atoms with van der Waals surface area (Å²) in [5, 5.41) is 3.25. The van der Waals surface area contributed by atoms with Crippen molar-refractivity contribution in [1.29, 1.82) is 0 Å². The van der Waals surface area contributed by atoms with Crippen LogP contribution >= 0.6 is 15.9 Å². The molecule has 0 aliphatic heterocycles. The Morgan fingerprint density at radius 2 is 1.86 bits per heavy atom. The Bertz CT molecular complexity index is 597. The zero-order valence-electron chi connectivity index (χ0n) is 12.5. The van der Waals surface area contributed by atoms with Crippen LogP contribution in [0.15, 0.2) is 42.5 Å². The number of rotatable bonds is 7. The minimum atomic E-state index is 0.221. The van der Waals surface area contributed by atoms with Gasteiger partial charge in [-0.15, -0.1) is 0 Å². The number of hydrogen-bond donors (Lipinski definition) is 0. The number of carbonyl (C=O) groups is 1. The van der Waals surface area contributed by atoms with Crippen molar-refractivity contribution in [3.63, 3.8) is 0 Å². The molecule has 0 saturated heterocycles. The number of amides is 1. The van der Waals surface area contributed by atoms with E-state index in [9.17, 15) is 4.79 Å². The number of benzene rings is 2. The predicted octanol–water partition coefficient (Wildman–Crippen LogP) is 4.41. The van der Waals surface area contributed by atoms with E-state index in [0.29, 0.717) is 6.42 Å². The van der Waals surface area contributed by atoms with Gasteiger partial charge in [-0.1, -0.05) is 71.7 Å². The van der Waals surface area contributed by atoms with Crippen LogP contribution in [-0.4, -0.2) is 29.2 Å². The zero-order valence-corrected chi connectivity index (χ0v) is 14.1. The van der Waals surface area contributed by atoms with E-state index in [4.69, 9.17) is 0 Å². The molecule has 0 atom stereocenters. The van der Waals surface area contributed by atoms with Gasteiger partial charge < -0.3 is 4.90 Å². The molecule has 0 radical (unpaired) electrons. The Labute approximate surface area is 135 Å². The second-order valence-corrected chi connectivity index (χ2v) is 6.07. The van der Waals surface area contributed by atoms with E-state index in [1.807, 2.05) is 17.0 Å². The smallest absolute Gasteiger partial charge is 0.227 e. The molecular formula is C18H22BrNO. The molecule has 0 aliphatic rings. The number of hydrogen-bond acceptors (Lipinski definition) is 1. The monoisotopic (exact) mass is 347 g/mol. The van der Waals surface area contributed by atoms with Crippen LogP contribution in [0.4, 0.5) is 0 Å². The molecule has 1 amide bonds. The number of alkyl halides is 1. The van der Waals surface area contributed by atoms with Crippen molar-refractivity contribution < 1.29 is 4.79 Å². The Morgan fingerprint density at radius 3 is 2.57 bits per heavy atom.